The fourth-order valence-corrected chi connectivity index (χ4v) is 2.52. The predicted molar refractivity (Wildman–Crippen MR) is 87.3 cm³/mol. The van der Waals surface area contributed by atoms with Crippen LogP contribution in [-0.4, -0.2) is 35.2 Å². The third-order valence-corrected chi connectivity index (χ3v) is 3.44. The van der Waals surface area contributed by atoms with Crippen molar-refractivity contribution in [2.24, 2.45) is 5.73 Å². The van der Waals surface area contributed by atoms with E-state index in [2.05, 4.69) is 5.32 Å². The molecule has 1 heterocycles. The highest BCUT2D eigenvalue weighted by atomic mass is 32.1. The van der Waals surface area contributed by atoms with E-state index < -0.39 is 0 Å². The zero-order valence-electron chi connectivity index (χ0n) is 12.1. The molecule has 0 saturated carbocycles. The van der Waals surface area contributed by atoms with Gasteiger partial charge in [-0.05, 0) is 19.1 Å². The molecule has 112 valence electrons. The van der Waals surface area contributed by atoms with Gasteiger partial charge in [-0.25, -0.2) is 0 Å². The summed E-state index contributed by atoms with van der Waals surface area (Å²) in [4.78, 5) is 12.4. The van der Waals surface area contributed by atoms with Gasteiger partial charge >= 0.3 is 0 Å². The summed E-state index contributed by atoms with van der Waals surface area (Å²) in [5.74, 6) is -0.0576. The summed E-state index contributed by atoms with van der Waals surface area (Å²) >= 11 is 5.05. The SMILES string of the molecule is COCC(C)NC(=O)Cn1ccc2c(C(N)=S)cccc21. The molecule has 0 spiro atoms. The van der Waals surface area contributed by atoms with Crippen molar-refractivity contribution in [3.63, 3.8) is 0 Å². The van der Waals surface area contributed by atoms with Crippen molar-refractivity contribution in [2.75, 3.05) is 13.7 Å². The Morgan fingerprint density at radius 2 is 2.24 bits per heavy atom. The second-order valence-corrected chi connectivity index (χ2v) is 5.41. The Kier molecular flexibility index (Phi) is 4.93. The van der Waals surface area contributed by atoms with Gasteiger partial charge in [0.05, 0.1) is 6.61 Å². The van der Waals surface area contributed by atoms with Gasteiger partial charge in [-0.3, -0.25) is 4.79 Å². The maximum absolute atomic E-state index is 12.0. The summed E-state index contributed by atoms with van der Waals surface area (Å²) in [6.45, 7) is 2.64. The first-order valence-corrected chi connectivity index (χ1v) is 7.09. The number of aromatic nitrogens is 1. The highest BCUT2D eigenvalue weighted by molar-refractivity contribution is 7.80. The molecule has 0 aliphatic carbocycles. The van der Waals surface area contributed by atoms with Crippen LogP contribution in [0.2, 0.25) is 0 Å². The van der Waals surface area contributed by atoms with Crippen molar-refractivity contribution in [3.8, 4) is 0 Å². The smallest absolute Gasteiger partial charge is 0.240 e. The van der Waals surface area contributed by atoms with Gasteiger partial charge in [0.25, 0.3) is 0 Å². The lowest BCUT2D eigenvalue weighted by Crippen LogP contribution is -2.37. The van der Waals surface area contributed by atoms with Gasteiger partial charge in [-0.1, -0.05) is 24.4 Å². The minimum absolute atomic E-state index is 0.0171. The Hall–Kier alpha value is -1.92. The van der Waals surface area contributed by atoms with E-state index in [1.807, 2.05) is 42.0 Å². The molecule has 5 nitrogen and oxygen atoms in total. The van der Waals surface area contributed by atoms with E-state index in [1.165, 1.54) is 0 Å². The van der Waals surface area contributed by atoms with Crippen molar-refractivity contribution in [2.45, 2.75) is 19.5 Å². The predicted octanol–water partition coefficient (Wildman–Crippen LogP) is 1.43. The maximum atomic E-state index is 12.0. The van der Waals surface area contributed by atoms with Gasteiger partial charge in [0.2, 0.25) is 5.91 Å². The highest BCUT2D eigenvalue weighted by Crippen LogP contribution is 2.20. The molecule has 0 saturated heterocycles. The molecule has 1 aromatic heterocycles. The van der Waals surface area contributed by atoms with Crippen LogP contribution in [0.1, 0.15) is 12.5 Å². The Balaban J connectivity index is 2.18. The second-order valence-electron chi connectivity index (χ2n) is 4.97. The maximum Gasteiger partial charge on any atom is 0.240 e. The number of nitrogens with one attached hydrogen (secondary N) is 1. The van der Waals surface area contributed by atoms with E-state index >= 15 is 0 Å². The quantitative estimate of drug-likeness (QED) is 0.792. The molecule has 0 radical (unpaired) electrons. The van der Waals surface area contributed by atoms with Crippen LogP contribution in [0.25, 0.3) is 10.9 Å². The first kappa shape index (κ1) is 15.5. The Morgan fingerprint density at radius 3 is 2.90 bits per heavy atom. The summed E-state index contributed by atoms with van der Waals surface area (Å²) < 4.78 is 6.88. The summed E-state index contributed by atoms with van der Waals surface area (Å²) in [6.07, 6.45) is 1.87. The van der Waals surface area contributed by atoms with E-state index in [0.717, 1.165) is 16.5 Å². The molecule has 6 heteroatoms. The lowest BCUT2D eigenvalue weighted by Gasteiger charge is -2.13. The van der Waals surface area contributed by atoms with Crippen LogP contribution in [0.4, 0.5) is 0 Å². The standard InChI is InChI=1S/C15H19N3O2S/c1-10(9-20-2)17-14(19)8-18-7-6-11-12(15(16)21)4-3-5-13(11)18/h3-7,10H,8-9H2,1-2H3,(H2,16,21)(H,17,19). The molecule has 2 aromatic rings. The topological polar surface area (TPSA) is 69.3 Å². The van der Waals surface area contributed by atoms with Crippen LogP contribution in [0, 0.1) is 0 Å². The van der Waals surface area contributed by atoms with Crippen molar-refractivity contribution in [3.05, 3.63) is 36.0 Å². The van der Waals surface area contributed by atoms with Gasteiger partial charge in [-0.15, -0.1) is 0 Å². The Labute approximate surface area is 129 Å². The first-order chi connectivity index (χ1) is 10.0. The minimum Gasteiger partial charge on any atom is -0.389 e. The lowest BCUT2D eigenvalue weighted by molar-refractivity contribution is -0.122. The van der Waals surface area contributed by atoms with Crippen LogP contribution in [0.15, 0.2) is 30.5 Å². The van der Waals surface area contributed by atoms with E-state index in [-0.39, 0.29) is 18.5 Å². The molecule has 1 aromatic carbocycles. The molecule has 0 aliphatic rings. The molecule has 1 unspecified atom stereocenters. The van der Waals surface area contributed by atoms with Gasteiger partial charge in [0.1, 0.15) is 11.5 Å². The van der Waals surface area contributed by atoms with E-state index in [4.69, 9.17) is 22.7 Å². The molecule has 2 rings (SSSR count). The number of fused-ring (bicyclic) bond motifs is 1. The molecule has 1 atom stereocenters. The molecule has 0 aliphatic heterocycles. The van der Waals surface area contributed by atoms with Crippen molar-refractivity contribution in [1.29, 1.82) is 0 Å². The van der Waals surface area contributed by atoms with Crippen LogP contribution >= 0.6 is 12.2 Å². The van der Waals surface area contributed by atoms with Gasteiger partial charge < -0.3 is 20.4 Å². The number of ether oxygens (including phenoxy) is 1. The molecule has 0 fully saturated rings. The number of hydrogen-bond acceptors (Lipinski definition) is 3. The normalized spacial score (nSPS) is 12.3. The summed E-state index contributed by atoms with van der Waals surface area (Å²) in [5, 5.41) is 3.85. The number of carbonyl (C=O) groups is 1. The third kappa shape index (κ3) is 3.59. The zero-order chi connectivity index (χ0) is 15.4. The molecule has 0 bridgehead atoms. The Morgan fingerprint density at radius 1 is 1.48 bits per heavy atom. The van der Waals surface area contributed by atoms with Gasteiger partial charge in [-0.2, -0.15) is 0 Å². The van der Waals surface area contributed by atoms with Crippen molar-refractivity contribution < 1.29 is 9.53 Å². The van der Waals surface area contributed by atoms with Crippen molar-refractivity contribution in [1.82, 2.24) is 9.88 Å². The number of rotatable bonds is 6. The number of nitrogens with two attached hydrogens (primary N) is 1. The minimum atomic E-state index is -0.0576. The molecular weight excluding hydrogens is 286 g/mol. The highest BCUT2D eigenvalue weighted by Gasteiger charge is 2.11. The fourth-order valence-electron chi connectivity index (χ4n) is 2.34. The number of thiocarbonyl (C=S) groups is 1. The molecule has 3 N–H and O–H groups in total. The number of amides is 1. The fraction of sp³-hybridized carbons (Fsp3) is 0.333. The monoisotopic (exact) mass is 305 g/mol. The summed E-state index contributed by atoms with van der Waals surface area (Å²) in [7, 11) is 1.61. The molecular formula is C15H19N3O2S. The van der Waals surface area contributed by atoms with Crippen LogP contribution in [0.5, 0.6) is 0 Å². The summed E-state index contributed by atoms with van der Waals surface area (Å²) in [5.41, 5.74) is 7.49. The van der Waals surface area contributed by atoms with Gasteiger partial charge in [0, 0.05) is 35.8 Å². The Bertz CT molecular complexity index is 666. The first-order valence-electron chi connectivity index (χ1n) is 6.69. The van der Waals surface area contributed by atoms with E-state index in [0.29, 0.717) is 11.6 Å². The number of hydrogen-bond donors (Lipinski definition) is 2. The van der Waals surface area contributed by atoms with E-state index in [9.17, 15) is 4.79 Å². The third-order valence-electron chi connectivity index (χ3n) is 3.22. The number of methoxy groups -OCH3 is 1. The zero-order valence-corrected chi connectivity index (χ0v) is 12.9. The van der Waals surface area contributed by atoms with Gasteiger partial charge in [0.15, 0.2) is 0 Å². The van der Waals surface area contributed by atoms with Crippen LogP contribution in [0.3, 0.4) is 0 Å². The van der Waals surface area contributed by atoms with Crippen LogP contribution < -0.4 is 11.1 Å². The molecule has 21 heavy (non-hydrogen) atoms. The largest absolute Gasteiger partial charge is 0.389 e. The average molecular weight is 305 g/mol. The number of carbonyl (C=O) groups excluding carboxylic acids is 1. The lowest BCUT2D eigenvalue weighted by atomic mass is 10.1. The average Bonchev–Trinajstić information content (AvgIpc) is 2.81. The molecule has 1 amide bonds. The van der Waals surface area contributed by atoms with E-state index in [1.54, 1.807) is 7.11 Å². The summed E-state index contributed by atoms with van der Waals surface area (Å²) in [6, 6.07) is 7.63. The second kappa shape index (κ2) is 6.69. The number of benzene rings is 1. The number of nitrogens with zero attached hydrogens (tertiary/aromatic N) is 1. The van der Waals surface area contributed by atoms with Crippen molar-refractivity contribution >= 4 is 34.0 Å². The van der Waals surface area contributed by atoms with Crippen LogP contribution in [-0.2, 0) is 16.1 Å².